The number of hydrogen-bond acceptors (Lipinski definition) is 3. The van der Waals surface area contributed by atoms with Gasteiger partial charge in [0.1, 0.15) is 0 Å². The van der Waals surface area contributed by atoms with Crippen LogP contribution in [-0.2, 0) is 0 Å². The second-order valence-electron chi connectivity index (χ2n) is 3.98. The van der Waals surface area contributed by atoms with E-state index in [1.165, 1.54) is 0 Å². The second kappa shape index (κ2) is 4.70. The fourth-order valence-electron chi connectivity index (χ4n) is 1.56. The van der Waals surface area contributed by atoms with Gasteiger partial charge in [-0.25, -0.2) is 0 Å². The summed E-state index contributed by atoms with van der Waals surface area (Å²) < 4.78 is 0. The van der Waals surface area contributed by atoms with Crippen LogP contribution in [0.3, 0.4) is 0 Å². The summed E-state index contributed by atoms with van der Waals surface area (Å²) in [6, 6.07) is 4.94. The average molecular weight is 265 g/mol. The molecule has 0 saturated carbocycles. The second-order valence-corrected chi connectivity index (χ2v) is 4.39. The number of nitrogens with zero attached hydrogens (tertiary/aromatic N) is 1. The molecule has 1 aromatic carbocycles. The van der Waals surface area contributed by atoms with Crippen molar-refractivity contribution in [1.29, 1.82) is 0 Å². The first kappa shape index (κ1) is 12.4. The molecule has 0 aliphatic carbocycles. The maximum absolute atomic E-state index is 12.1. The molecule has 94 valence electrons. The number of rotatable bonds is 2. The molecule has 1 amide bonds. The normalized spacial score (nSPS) is 10.4. The number of aromatic nitrogens is 2. The number of nitrogens with one attached hydrogen (secondary N) is 2. The summed E-state index contributed by atoms with van der Waals surface area (Å²) in [4.78, 5) is 12.1. The van der Waals surface area contributed by atoms with E-state index >= 15 is 0 Å². The Hall–Kier alpha value is -2.01. The minimum atomic E-state index is -0.368. The van der Waals surface area contributed by atoms with E-state index in [-0.39, 0.29) is 11.5 Å². The third kappa shape index (κ3) is 2.17. The zero-order chi connectivity index (χ0) is 13.3. The van der Waals surface area contributed by atoms with E-state index in [1.807, 2.05) is 13.8 Å². The number of amides is 1. The summed E-state index contributed by atoms with van der Waals surface area (Å²) in [6.07, 6.45) is 0. The summed E-state index contributed by atoms with van der Waals surface area (Å²) >= 11 is 5.97. The molecule has 2 aromatic rings. The molecule has 4 N–H and O–H groups in total. The highest BCUT2D eigenvalue weighted by Crippen LogP contribution is 2.23. The lowest BCUT2D eigenvalue weighted by atomic mass is 10.1. The molecule has 6 heteroatoms. The van der Waals surface area contributed by atoms with Gasteiger partial charge in [-0.1, -0.05) is 17.7 Å². The largest absolute Gasteiger partial charge is 0.398 e. The van der Waals surface area contributed by atoms with Gasteiger partial charge in [0.15, 0.2) is 5.82 Å². The number of nitrogen functional groups attached to an aromatic ring is 1. The molecule has 1 aromatic heterocycles. The maximum Gasteiger partial charge on any atom is 0.260 e. The van der Waals surface area contributed by atoms with Gasteiger partial charge in [0.05, 0.1) is 10.6 Å². The Balaban J connectivity index is 2.31. The van der Waals surface area contributed by atoms with E-state index < -0.39 is 0 Å². The van der Waals surface area contributed by atoms with Crippen LogP contribution in [0.2, 0.25) is 5.02 Å². The molecule has 0 radical (unpaired) electrons. The van der Waals surface area contributed by atoms with E-state index in [0.717, 1.165) is 11.3 Å². The number of halogens is 1. The monoisotopic (exact) mass is 264 g/mol. The summed E-state index contributed by atoms with van der Waals surface area (Å²) in [7, 11) is 0. The van der Waals surface area contributed by atoms with Crippen LogP contribution in [-0.4, -0.2) is 16.1 Å². The quantitative estimate of drug-likeness (QED) is 0.729. The number of carbonyl (C=O) groups is 1. The van der Waals surface area contributed by atoms with E-state index in [9.17, 15) is 4.79 Å². The number of aryl methyl sites for hydroxylation is 1. The van der Waals surface area contributed by atoms with E-state index in [0.29, 0.717) is 16.5 Å². The average Bonchev–Trinajstić information content (AvgIpc) is 2.61. The summed E-state index contributed by atoms with van der Waals surface area (Å²) in [6.45, 7) is 3.74. The molecule has 0 aliphatic heterocycles. The zero-order valence-corrected chi connectivity index (χ0v) is 10.8. The predicted molar refractivity (Wildman–Crippen MR) is 71.9 cm³/mol. The van der Waals surface area contributed by atoms with Crippen LogP contribution < -0.4 is 11.1 Å². The first-order valence-corrected chi connectivity index (χ1v) is 5.75. The Labute approximate surface area is 109 Å². The molecule has 1 heterocycles. The van der Waals surface area contributed by atoms with Crippen LogP contribution >= 0.6 is 11.6 Å². The van der Waals surface area contributed by atoms with Crippen molar-refractivity contribution in [3.63, 3.8) is 0 Å². The lowest BCUT2D eigenvalue weighted by Gasteiger charge is -2.07. The first-order valence-electron chi connectivity index (χ1n) is 5.37. The predicted octanol–water partition coefficient (Wildman–Crippen LogP) is 2.51. The fourth-order valence-corrected chi connectivity index (χ4v) is 1.82. The minimum absolute atomic E-state index is 0.263. The smallest absolute Gasteiger partial charge is 0.260 e. The van der Waals surface area contributed by atoms with Crippen LogP contribution in [0.25, 0.3) is 0 Å². The molecule has 0 bridgehead atoms. The highest BCUT2D eigenvalue weighted by Gasteiger charge is 2.16. The van der Waals surface area contributed by atoms with E-state index in [4.69, 9.17) is 17.3 Å². The Morgan fingerprint density at radius 3 is 2.72 bits per heavy atom. The van der Waals surface area contributed by atoms with Crippen LogP contribution in [0, 0.1) is 13.8 Å². The van der Waals surface area contributed by atoms with Gasteiger partial charge in [0, 0.05) is 16.9 Å². The molecular weight excluding hydrogens is 252 g/mol. The van der Waals surface area contributed by atoms with Gasteiger partial charge in [-0.3, -0.25) is 9.89 Å². The molecule has 0 fully saturated rings. The molecule has 18 heavy (non-hydrogen) atoms. The number of carbonyl (C=O) groups excluding carboxylic acids is 1. The molecule has 0 aliphatic rings. The fraction of sp³-hybridized carbons (Fsp3) is 0.167. The van der Waals surface area contributed by atoms with Crippen LogP contribution in [0.1, 0.15) is 21.6 Å². The Morgan fingerprint density at radius 1 is 1.44 bits per heavy atom. The van der Waals surface area contributed by atoms with E-state index in [2.05, 4.69) is 15.5 Å². The molecular formula is C12H13ClN4O. The van der Waals surface area contributed by atoms with Crippen LogP contribution in [0.5, 0.6) is 0 Å². The third-order valence-corrected chi connectivity index (χ3v) is 3.07. The van der Waals surface area contributed by atoms with Crippen molar-refractivity contribution < 1.29 is 4.79 Å². The van der Waals surface area contributed by atoms with Gasteiger partial charge in [-0.05, 0) is 26.0 Å². The zero-order valence-electron chi connectivity index (χ0n) is 10.0. The van der Waals surface area contributed by atoms with E-state index in [1.54, 1.807) is 18.2 Å². The molecule has 0 unspecified atom stereocenters. The van der Waals surface area contributed by atoms with Crippen molar-refractivity contribution in [3.8, 4) is 0 Å². The lowest BCUT2D eigenvalue weighted by molar-refractivity contribution is 0.102. The summed E-state index contributed by atoms with van der Waals surface area (Å²) in [5, 5.41) is 9.79. The van der Waals surface area contributed by atoms with Gasteiger partial charge in [-0.15, -0.1) is 0 Å². The molecule has 0 saturated heterocycles. The number of hydrogen-bond donors (Lipinski definition) is 3. The van der Waals surface area contributed by atoms with Gasteiger partial charge in [-0.2, -0.15) is 5.10 Å². The van der Waals surface area contributed by atoms with Gasteiger partial charge in [0.2, 0.25) is 0 Å². The number of aromatic amines is 1. The van der Waals surface area contributed by atoms with Crippen molar-refractivity contribution in [1.82, 2.24) is 10.2 Å². The standard InChI is InChI=1S/C12H13ClN4O/c1-6-7(2)16-17-11(6)15-12(18)10-8(13)4-3-5-9(10)14/h3-5H,14H2,1-2H3,(H2,15,16,17,18). The van der Waals surface area contributed by atoms with Gasteiger partial charge in [0.25, 0.3) is 5.91 Å². The Morgan fingerprint density at radius 2 is 2.17 bits per heavy atom. The SMILES string of the molecule is Cc1[nH]nc(NC(=O)c2c(N)cccc2Cl)c1C. The first-order chi connectivity index (χ1) is 8.50. The highest BCUT2D eigenvalue weighted by molar-refractivity contribution is 6.35. The van der Waals surface area contributed by atoms with Crippen molar-refractivity contribution >= 4 is 29.0 Å². The molecule has 0 atom stereocenters. The van der Waals surface area contributed by atoms with Gasteiger partial charge < -0.3 is 11.1 Å². The van der Waals surface area contributed by atoms with Crippen molar-refractivity contribution in [2.24, 2.45) is 0 Å². The van der Waals surface area contributed by atoms with Crippen molar-refractivity contribution in [2.75, 3.05) is 11.1 Å². The molecule has 2 rings (SSSR count). The molecule has 0 spiro atoms. The Bertz CT molecular complexity index is 586. The number of nitrogens with two attached hydrogens (primary N) is 1. The minimum Gasteiger partial charge on any atom is -0.398 e. The van der Waals surface area contributed by atoms with Crippen LogP contribution in [0.4, 0.5) is 11.5 Å². The van der Waals surface area contributed by atoms with Crippen LogP contribution in [0.15, 0.2) is 18.2 Å². The number of benzene rings is 1. The van der Waals surface area contributed by atoms with Crippen molar-refractivity contribution in [2.45, 2.75) is 13.8 Å². The number of anilines is 2. The number of H-pyrrole nitrogens is 1. The van der Waals surface area contributed by atoms with Gasteiger partial charge >= 0.3 is 0 Å². The topological polar surface area (TPSA) is 83.8 Å². The summed E-state index contributed by atoms with van der Waals surface area (Å²) in [5.74, 6) is 0.115. The Kier molecular flexibility index (Phi) is 3.25. The lowest BCUT2D eigenvalue weighted by Crippen LogP contribution is -2.15. The third-order valence-electron chi connectivity index (χ3n) is 2.76. The van der Waals surface area contributed by atoms with Crippen molar-refractivity contribution in [3.05, 3.63) is 40.0 Å². The summed E-state index contributed by atoms with van der Waals surface area (Å²) in [5.41, 5.74) is 8.13. The highest BCUT2D eigenvalue weighted by atomic mass is 35.5. The molecule has 5 nitrogen and oxygen atoms in total. The maximum atomic E-state index is 12.1.